The Kier molecular flexibility index (Phi) is 19.8. The number of carboxylic acids is 1. The summed E-state index contributed by atoms with van der Waals surface area (Å²) < 4.78 is 0. The van der Waals surface area contributed by atoms with Crippen LogP contribution in [0.25, 0.3) is 0 Å². The molecule has 0 radical (unpaired) electrons. The third-order valence-electron chi connectivity index (χ3n) is 3.60. The van der Waals surface area contributed by atoms with Crippen molar-refractivity contribution in [3.8, 4) is 0 Å². The predicted octanol–water partition coefficient (Wildman–Crippen LogP) is 3.71. The third kappa shape index (κ3) is 16.5. The van der Waals surface area contributed by atoms with E-state index in [1.807, 2.05) is 0 Å². The second-order valence-electron chi connectivity index (χ2n) is 5.55. The van der Waals surface area contributed by atoms with Crippen LogP contribution in [-0.2, 0) is 4.79 Å². The van der Waals surface area contributed by atoms with E-state index in [1.165, 1.54) is 64.2 Å². The maximum absolute atomic E-state index is 10.6. The molecule has 0 aliphatic rings. The average Bonchev–Trinajstić information content (AvgIpc) is 2.39. The Morgan fingerprint density at radius 2 is 1.30 bits per heavy atom. The van der Waals surface area contributed by atoms with Crippen LogP contribution in [0.3, 0.4) is 0 Å². The zero-order chi connectivity index (χ0) is 14.3. The number of unbranched alkanes of at least 4 members (excludes halogenated alkanes) is 10. The fourth-order valence-corrected chi connectivity index (χ4v) is 2.20. The fraction of sp³-hybridized carbons (Fsp3) is 0.938. The third-order valence-corrected chi connectivity index (χ3v) is 3.60. The molecule has 0 rings (SSSR count). The minimum atomic E-state index is -0.761. The van der Waals surface area contributed by atoms with Gasteiger partial charge in [0.25, 0.3) is 0 Å². The Balaban J connectivity index is 0. The van der Waals surface area contributed by atoms with Gasteiger partial charge in [-0.15, -0.1) is 0 Å². The van der Waals surface area contributed by atoms with Gasteiger partial charge in [0, 0.05) is 0 Å². The number of carboxylic acid groups (broad SMARTS) is 1. The van der Waals surface area contributed by atoms with Gasteiger partial charge in [-0.25, -0.2) is 0 Å². The fourth-order valence-electron chi connectivity index (χ4n) is 2.20. The van der Waals surface area contributed by atoms with Gasteiger partial charge in [0.15, 0.2) is 0 Å². The van der Waals surface area contributed by atoms with E-state index in [4.69, 9.17) is 5.11 Å². The molecule has 3 nitrogen and oxygen atoms in total. The van der Waals surface area contributed by atoms with E-state index in [1.54, 1.807) is 6.92 Å². The summed E-state index contributed by atoms with van der Waals surface area (Å²) >= 11 is 0. The van der Waals surface area contributed by atoms with Gasteiger partial charge in [-0.3, -0.25) is 4.79 Å². The molecule has 0 aliphatic carbocycles. The van der Waals surface area contributed by atoms with E-state index in [0.717, 1.165) is 13.0 Å². The topological polar surface area (TPSA) is 49.3 Å². The molecule has 0 spiro atoms. The van der Waals surface area contributed by atoms with Crippen molar-refractivity contribution < 1.29 is 9.90 Å². The minimum absolute atomic E-state index is 0. The molecule has 0 aliphatic heterocycles. The molecular weight excluding hydrogens is 261 g/mol. The number of carbonyl (C=O) groups is 1. The molecule has 116 valence electrons. The van der Waals surface area contributed by atoms with Crippen LogP contribution in [-0.4, -0.2) is 53.2 Å². The molecule has 4 heteroatoms. The number of rotatable bonds is 14. The van der Waals surface area contributed by atoms with E-state index in [2.05, 4.69) is 12.2 Å². The summed E-state index contributed by atoms with van der Waals surface area (Å²) in [5.74, 6) is -0.761. The molecule has 0 heterocycles. The summed E-state index contributed by atoms with van der Waals surface area (Å²) in [6.45, 7) is 4.78. The van der Waals surface area contributed by atoms with Crippen LogP contribution in [0.15, 0.2) is 0 Å². The van der Waals surface area contributed by atoms with Gasteiger partial charge in [-0.05, 0) is 19.9 Å². The van der Waals surface area contributed by atoms with Gasteiger partial charge in [-0.2, -0.15) is 0 Å². The Labute approximate surface area is 147 Å². The molecule has 0 aromatic carbocycles. The summed E-state index contributed by atoms with van der Waals surface area (Å²) in [7, 11) is 0. The summed E-state index contributed by atoms with van der Waals surface area (Å²) in [5.41, 5.74) is 0. The van der Waals surface area contributed by atoms with E-state index in [0.29, 0.717) is 0 Å². The maximum atomic E-state index is 10.6. The van der Waals surface area contributed by atoms with Crippen molar-refractivity contribution in [1.82, 2.24) is 5.32 Å². The summed E-state index contributed by atoms with van der Waals surface area (Å²) in [5, 5.41) is 11.7. The Bertz CT molecular complexity index is 213. The van der Waals surface area contributed by atoms with E-state index in [-0.39, 0.29) is 29.6 Å². The van der Waals surface area contributed by atoms with Crippen molar-refractivity contribution >= 4 is 35.5 Å². The molecule has 1 atom stereocenters. The first kappa shape index (κ1) is 22.7. The number of aliphatic carboxylic acids is 1. The zero-order valence-electron chi connectivity index (χ0n) is 12.9. The van der Waals surface area contributed by atoms with Crippen molar-refractivity contribution in [2.75, 3.05) is 6.54 Å². The van der Waals surface area contributed by atoms with Crippen molar-refractivity contribution in [2.45, 2.75) is 90.5 Å². The van der Waals surface area contributed by atoms with Gasteiger partial charge < -0.3 is 10.4 Å². The van der Waals surface area contributed by atoms with Gasteiger partial charge in [-0.1, -0.05) is 71.1 Å². The standard InChI is InChI=1S/C16H33NO2.Na.H/c1-3-4-5-6-7-8-9-10-11-12-13-14-17-15(2)16(18)19;;/h15,17H,3-14H2,1-2H3,(H,18,19);;. The predicted molar refractivity (Wildman–Crippen MR) is 88.7 cm³/mol. The van der Waals surface area contributed by atoms with Gasteiger partial charge in [0.05, 0.1) is 0 Å². The van der Waals surface area contributed by atoms with Crippen LogP contribution in [0.4, 0.5) is 0 Å². The number of hydrogen-bond acceptors (Lipinski definition) is 2. The van der Waals surface area contributed by atoms with Crippen LogP contribution >= 0.6 is 0 Å². The van der Waals surface area contributed by atoms with Crippen molar-refractivity contribution in [1.29, 1.82) is 0 Å². The normalized spacial score (nSPS) is 11.9. The molecule has 0 aromatic heterocycles. The summed E-state index contributed by atoms with van der Waals surface area (Å²) in [4.78, 5) is 10.6. The van der Waals surface area contributed by atoms with Gasteiger partial charge in [0.1, 0.15) is 6.04 Å². The second-order valence-corrected chi connectivity index (χ2v) is 5.55. The molecule has 0 fully saturated rings. The van der Waals surface area contributed by atoms with E-state index in [9.17, 15) is 4.79 Å². The average molecular weight is 295 g/mol. The van der Waals surface area contributed by atoms with E-state index < -0.39 is 12.0 Å². The Morgan fingerprint density at radius 3 is 1.70 bits per heavy atom. The molecule has 2 N–H and O–H groups in total. The van der Waals surface area contributed by atoms with Crippen LogP contribution in [0.2, 0.25) is 0 Å². The summed E-state index contributed by atoms with van der Waals surface area (Å²) in [6, 6.07) is -0.414. The summed E-state index contributed by atoms with van der Waals surface area (Å²) in [6.07, 6.45) is 14.6. The Morgan fingerprint density at radius 1 is 0.900 bits per heavy atom. The molecule has 20 heavy (non-hydrogen) atoms. The number of hydrogen-bond donors (Lipinski definition) is 2. The first-order valence-corrected chi connectivity index (χ1v) is 8.14. The van der Waals surface area contributed by atoms with Crippen LogP contribution in [0.5, 0.6) is 0 Å². The van der Waals surface area contributed by atoms with Crippen molar-refractivity contribution in [3.63, 3.8) is 0 Å². The first-order valence-electron chi connectivity index (χ1n) is 8.14. The molecule has 0 amide bonds. The molecule has 0 saturated carbocycles. The SMILES string of the molecule is CCCCCCCCCCCCCNC(C)C(=O)O.[NaH]. The molecule has 1 unspecified atom stereocenters. The molecule has 0 bridgehead atoms. The van der Waals surface area contributed by atoms with Crippen LogP contribution < -0.4 is 5.32 Å². The first-order chi connectivity index (χ1) is 9.18. The second kappa shape index (κ2) is 17.5. The monoisotopic (exact) mass is 295 g/mol. The Hall–Kier alpha value is 0.430. The number of nitrogens with one attached hydrogen (secondary N) is 1. The molecule has 0 aromatic rings. The van der Waals surface area contributed by atoms with Gasteiger partial charge in [0.2, 0.25) is 0 Å². The zero-order valence-corrected chi connectivity index (χ0v) is 12.9. The van der Waals surface area contributed by atoms with Crippen LogP contribution in [0, 0.1) is 0 Å². The molecule has 0 saturated heterocycles. The van der Waals surface area contributed by atoms with E-state index >= 15 is 0 Å². The molecular formula is C16H34NNaO2. The quantitative estimate of drug-likeness (QED) is 0.379. The van der Waals surface area contributed by atoms with Crippen molar-refractivity contribution in [2.24, 2.45) is 0 Å². The van der Waals surface area contributed by atoms with Crippen LogP contribution in [0.1, 0.15) is 84.5 Å². The van der Waals surface area contributed by atoms with Gasteiger partial charge >= 0.3 is 35.5 Å². The van der Waals surface area contributed by atoms with Crippen molar-refractivity contribution in [3.05, 3.63) is 0 Å².